The quantitative estimate of drug-likeness (QED) is 0.735. The van der Waals surface area contributed by atoms with Crippen LogP contribution in [0.15, 0.2) is 12.3 Å². The number of hydrogen-bond acceptors (Lipinski definition) is 2. The van der Waals surface area contributed by atoms with Crippen LogP contribution in [0.5, 0.6) is 0 Å². The summed E-state index contributed by atoms with van der Waals surface area (Å²) in [5.41, 5.74) is 0.956. The largest absolute Gasteiger partial charge is 0.480 e. The predicted octanol–water partition coefficient (Wildman–Crippen LogP) is 1.09. The lowest BCUT2D eigenvalue weighted by Gasteiger charge is -2.06. The molecule has 0 atom stereocenters. The van der Waals surface area contributed by atoms with Crippen molar-refractivity contribution in [3.63, 3.8) is 0 Å². The summed E-state index contributed by atoms with van der Waals surface area (Å²) < 4.78 is 1.51. The van der Waals surface area contributed by atoms with Gasteiger partial charge < -0.3 is 5.11 Å². The number of carboxylic acid groups (broad SMARTS) is 1. The summed E-state index contributed by atoms with van der Waals surface area (Å²) in [7, 11) is 0. The number of aliphatic carboxylic acids is 1. The van der Waals surface area contributed by atoms with Crippen LogP contribution in [0.4, 0.5) is 0 Å². The minimum absolute atomic E-state index is 0.0550. The van der Waals surface area contributed by atoms with Gasteiger partial charge in [-0.05, 0) is 12.0 Å². The van der Waals surface area contributed by atoms with Gasteiger partial charge in [0, 0.05) is 11.9 Å². The fourth-order valence-corrected chi connectivity index (χ4v) is 1.09. The molecule has 0 bridgehead atoms. The first-order valence-electron chi connectivity index (χ1n) is 3.84. The van der Waals surface area contributed by atoms with Gasteiger partial charge in [-0.25, -0.2) is 0 Å². The molecule has 1 aromatic rings. The first kappa shape index (κ1) is 8.77. The summed E-state index contributed by atoms with van der Waals surface area (Å²) in [5.74, 6) is -0.549. The molecular formula is C8H12N2O2. The molecule has 0 spiro atoms. The number of carbonyl (C=O) groups is 1. The molecule has 0 aliphatic carbocycles. The second kappa shape index (κ2) is 3.38. The molecule has 4 nitrogen and oxygen atoms in total. The maximum absolute atomic E-state index is 10.4. The Morgan fingerprint density at radius 2 is 2.42 bits per heavy atom. The van der Waals surface area contributed by atoms with Gasteiger partial charge in [0.15, 0.2) is 0 Å². The standard InChI is InChI=1S/C8H12N2O2/c1-6(2)7-3-4-9-10(7)5-8(11)12/h3-4,6H,5H2,1-2H3,(H,11,12). The Morgan fingerprint density at radius 3 is 2.92 bits per heavy atom. The van der Waals surface area contributed by atoms with E-state index in [-0.39, 0.29) is 6.54 Å². The van der Waals surface area contributed by atoms with E-state index in [9.17, 15) is 4.79 Å². The zero-order valence-electron chi connectivity index (χ0n) is 7.19. The summed E-state index contributed by atoms with van der Waals surface area (Å²) in [6.07, 6.45) is 1.62. The molecule has 0 saturated heterocycles. The van der Waals surface area contributed by atoms with Crippen LogP contribution in [-0.4, -0.2) is 20.9 Å². The molecule has 0 amide bonds. The van der Waals surface area contributed by atoms with Crippen molar-refractivity contribution in [3.05, 3.63) is 18.0 Å². The molecule has 0 unspecified atom stereocenters. The highest BCUT2D eigenvalue weighted by Gasteiger charge is 2.08. The smallest absolute Gasteiger partial charge is 0.325 e. The lowest BCUT2D eigenvalue weighted by molar-refractivity contribution is -0.137. The van der Waals surface area contributed by atoms with Gasteiger partial charge in [0.05, 0.1) is 0 Å². The van der Waals surface area contributed by atoms with E-state index in [1.807, 2.05) is 19.9 Å². The van der Waals surface area contributed by atoms with Crippen molar-refractivity contribution in [1.82, 2.24) is 9.78 Å². The van der Waals surface area contributed by atoms with Gasteiger partial charge in [-0.3, -0.25) is 9.48 Å². The van der Waals surface area contributed by atoms with E-state index in [1.54, 1.807) is 6.20 Å². The van der Waals surface area contributed by atoms with E-state index in [4.69, 9.17) is 5.11 Å². The van der Waals surface area contributed by atoms with Gasteiger partial charge >= 0.3 is 5.97 Å². The minimum Gasteiger partial charge on any atom is -0.480 e. The Balaban J connectivity index is 2.84. The summed E-state index contributed by atoms with van der Waals surface area (Å²) in [6, 6.07) is 1.84. The third-order valence-electron chi connectivity index (χ3n) is 1.63. The van der Waals surface area contributed by atoms with Gasteiger partial charge in [-0.1, -0.05) is 13.8 Å². The Hall–Kier alpha value is -1.32. The predicted molar refractivity (Wildman–Crippen MR) is 44.0 cm³/mol. The lowest BCUT2D eigenvalue weighted by atomic mass is 10.1. The van der Waals surface area contributed by atoms with Crippen LogP contribution in [0.25, 0.3) is 0 Å². The first-order chi connectivity index (χ1) is 5.61. The van der Waals surface area contributed by atoms with Crippen LogP contribution >= 0.6 is 0 Å². The van der Waals surface area contributed by atoms with E-state index < -0.39 is 5.97 Å². The van der Waals surface area contributed by atoms with Gasteiger partial charge in [-0.15, -0.1) is 0 Å². The molecule has 66 valence electrons. The lowest BCUT2D eigenvalue weighted by Crippen LogP contribution is -2.13. The van der Waals surface area contributed by atoms with Gasteiger partial charge in [0.25, 0.3) is 0 Å². The van der Waals surface area contributed by atoms with Crippen LogP contribution in [0, 0.1) is 0 Å². The molecule has 1 N–H and O–H groups in total. The molecule has 0 aliphatic rings. The van der Waals surface area contributed by atoms with Crippen molar-refractivity contribution in [2.75, 3.05) is 0 Å². The maximum Gasteiger partial charge on any atom is 0.325 e. The minimum atomic E-state index is -0.861. The van der Waals surface area contributed by atoms with Crippen molar-refractivity contribution in [1.29, 1.82) is 0 Å². The van der Waals surface area contributed by atoms with E-state index >= 15 is 0 Å². The zero-order chi connectivity index (χ0) is 9.14. The normalized spacial score (nSPS) is 10.6. The molecule has 0 aromatic carbocycles. The highest BCUT2D eigenvalue weighted by molar-refractivity contribution is 5.66. The van der Waals surface area contributed by atoms with E-state index in [0.29, 0.717) is 5.92 Å². The third kappa shape index (κ3) is 1.84. The Bertz CT molecular complexity index is 278. The summed E-state index contributed by atoms with van der Waals surface area (Å²) in [6.45, 7) is 3.96. The van der Waals surface area contributed by atoms with Crippen LogP contribution in [0.1, 0.15) is 25.5 Å². The molecule has 0 fully saturated rings. The third-order valence-corrected chi connectivity index (χ3v) is 1.63. The highest BCUT2D eigenvalue weighted by atomic mass is 16.4. The average molecular weight is 168 g/mol. The maximum atomic E-state index is 10.4. The second-order valence-corrected chi connectivity index (χ2v) is 2.96. The Morgan fingerprint density at radius 1 is 1.75 bits per heavy atom. The van der Waals surface area contributed by atoms with Gasteiger partial charge in [0.1, 0.15) is 6.54 Å². The summed E-state index contributed by atoms with van der Waals surface area (Å²) in [5, 5.41) is 12.4. The van der Waals surface area contributed by atoms with Crippen LogP contribution in [0.2, 0.25) is 0 Å². The molecule has 4 heteroatoms. The molecule has 1 aromatic heterocycles. The molecule has 0 saturated carbocycles. The number of rotatable bonds is 3. The average Bonchev–Trinajstić information content (AvgIpc) is 2.33. The van der Waals surface area contributed by atoms with Crippen LogP contribution in [-0.2, 0) is 11.3 Å². The molecule has 1 rings (SSSR count). The molecule has 12 heavy (non-hydrogen) atoms. The van der Waals surface area contributed by atoms with Crippen molar-refractivity contribution in [3.8, 4) is 0 Å². The fourth-order valence-electron chi connectivity index (χ4n) is 1.09. The van der Waals surface area contributed by atoms with E-state index in [1.165, 1.54) is 4.68 Å². The van der Waals surface area contributed by atoms with E-state index in [2.05, 4.69) is 5.10 Å². The zero-order valence-corrected chi connectivity index (χ0v) is 7.19. The Labute approximate surface area is 70.8 Å². The summed E-state index contributed by atoms with van der Waals surface area (Å²) >= 11 is 0. The molecule has 0 aliphatic heterocycles. The molecule has 1 heterocycles. The van der Waals surface area contributed by atoms with Crippen molar-refractivity contribution in [2.45, 2.75) is 26.3 Å². The van der Waals surface area contributed by atoms with Crippen molar-refractivity contribution >= 4 is 5.97 Å². The summed E-state index contributed by atoms with van der Waals surface area (Å²) in [4.78, 5) is 10.4. The van der Waals surface area contributed by atoms with Crippen molar-refractivity contribution in [2.24, 2.45) is 0 Å². The second-order valence-electron chi connectivity index (χ2n) is 2.96. The first-order valence-corrected chi connectivity index (χ1v) is 3.84. The number of nitrogens with zero attached hydrogens (tertiary/aromatic N) is 2. The van der Waals surface area contributed by atoms with Gasteiger partial charge in [0.2, 0.25) is 0 Å². The number of hydrogen-bond donors (Lipinski definition) is 1. The van der Waals surface area contributed by atoms with Gasteiger partial charge in [-0.2, -0.15) is 5.10 Å². The van der Waals surface area contributed by atoms with E-state index in [0.717, 1.165) is 5.69 Å². The number of carboxylic acids is 1. The molecular weight excluding hydrogens is 156 g/mol. The number of aromatic nitrogens is 2. The topological polar surface area (TPSA) is 55.1 Å². The monoisotopic (exact) mass is 168 g/mol. The van der Waals surface area contributed by atoms with Crippen LogP contribution in [0.3, 0.4) is 0 Å². The molecule has 0 radical (unpaired) electrons. The highest BCUT2D eigenvalue weighted by Crippen LogP contribution is 2.12. The van der Waals surface area contributed by atoms with Crippen LogP contribution < -0.4 is 0 Å². The SMILES string of the molecule is CC(C)c1ccnn1CC(=O)O. The fraction of sp³-hybridized carbons (Fsp3) is 0.500. The van der Waals surface area contributed by atoms with Crippen molar-refractivity contribution < 1.29 is 9.90 Å². The Kier molecular flexibility index (Phi) is 2.47.